The van der Waals surface area contributed by atoms with Crippen LogP contribution in [0, 0.1) is 0 Å². The highest BCUT2D eigenvalue weighted by molar-refractivity contribution is 5.97. The van der Waals surface area contributed by atoms with Crippen molar-refractivity contribution in [1.29, 1.82) is 0 Å². The average Bonchev–Trinajstić information content (AvgIpc) is 3.29. The SMILES string of the molecule is CCNC(=NCCN1C(=O)CCCC1=O)NC1CCN(C2CCCC2)C1. The summed E-state index contributed by atoms with van der Waals surface area (Å²) in [5, 5.41) is 6.83. The van der Waals surface area contributed by atoms with Gasteiger partial charge in [0.05, 0.1) is 6.54 Å². The zero-order valence-corrected chi connectivity index (χ0v) is 16.0. The molecule has 0 spiro atoms. The number of nitrogens with zero attached hydrogens (tertiary/aromatic N) is 3. The molecule has 2 aliphatic heterocycles. The lowest BCUT2D eigenvalue weighted by Crippen LogP contribution is -2.46. The van der Waals surface area contributed by atoms with Crippen LogP contribution >= 0.6 is 0 Å². The fourth-order valence-electron chi connectivity index (χ4n) is 4.33. The van der Waals surface area contributed by atoms with Gasteiger partial charge in [-0.1, -0.05) is 12.8 Å². The first kappa shape index (κ1) is 19.1. The predicted molar refractivity (Wildman–Crippen MR) is 102 cm³/mol. The topological polar surface area (TPSA) is 77.0 Å². The number of guanidine groups is 1. The molecule has 0 radical (unpaired) electrons. The molecular formula is C19H33N5O2. The summed E-state index contributed by atoms with van der Waals surface area (Å²) < 4.78 is 0. The van der Waals surface area contributed by atoms with Gasteiger partial charge in [0.25, 0.3) is 0 Å². The van der Waals surface area contributed by atoms with E-state index in [1.54, 1.807) is 0 Å². The second-order valence-electron chi connectivity index (χ2n) is 7.62. The monoisotopic (exact) mass is 363 g/mol. The summed E-state index contributed by atoms with van der Waals surface area (Å²) in [7, 11) is 0. The molecular weight excluding hydrogens is 330 g/mol. The molecule has 3 aliphatic rings. The first-order valence-electron chi connectivity index (χ1n) is 10.3. The average molecular weight is 364 g/mol. The summed E-state index contributed by atoms with van der Waals surface area (Å²) in [5.41, 5.74) is 0. The molecule has 7 heteroatoms. The fraction of sp³-hybridized carbons (Fsp3) is 0.842. The van der Waals surface area contributed by atoms with Gasteiger partial charge in [-0.15, -0.1) is 0 Å². The van der Waals surface area contributed by atoms with Crippen molar-refractivity contribution in [2.45, 2.75) is 70.4 Å². The van der Waals surface area contributed by atoms with E-state index in [2.05, 4.69) is 20.5 Å². The first-order valence-corrected chi connectivity index (χ1v) is 10.3. The van der Waals surface area contributed by atoms with Gasteiger partial charge in [0, 0.05) is 51.1 Å². The molecule has 26 heavy (non-hydrogen) atoms. The smallest absolute Gasteiger partial charge is 0.229 e. The van der Waals surface area contributed by atoms with Gasteiger partial charge < -0.3 is 10.6 Å². The van der Waals surface area contributed by atoms with Crippen molar-refractivity contribution < 1.29 is 9.59 Å². The molecule has 3 rings (SSSR count). The van der Waals surface area contributed by atoms with Crippen LogP contribution in [0.1, 0.15) is 58.3 Å². The van der Waals surface area contributed by atoms with Crippen molar-refractivity contribution in [2.24, 2.45) is 4.99 Å². The van der Waals surface area contributed by atoms with Crippen molar-refractivity contribution in [1.82, 2.24) is 20.4 Å². The van der Waals surface area contributed by atoms with Crippen molar-refractivity contribution in [3.05, 3.63) is 0 Å². The maximum Gasteiger partial charge on any atom is 0.229 e. The lowest BCUT2D eigenvalue weighted by Gasteiger charge is -2.25. The zero-order valence-electron chi connectivity index (χ0n) is 16.0. The predicted octanol–water partition coefficient (Wildman–Crippen LogP) is 1.10. The number of piperidine rings is 1. The molecule has 0 bridgehead atoms. The molecule has 2 amide bonds. The van der Waals surface area contributed by atoms with Crippen LogP contribution in [-0.2, 0) is 9.59 Å². The molecule has 7 nitrogen and oxygen atoms in total. The highest BCUT2D eigenvalue weighted by Gasteiger charge is 2.30. The van der Waals surface area contributed by atoms with E-state index in [0.29, 0.717) is 38.4 Å². The van der Waals surface area contributed by atoms with Gasteiger partial charge in [0.1, 0.15) is 0 Å². The molecule has 3 fully saturated rings. The number of aliphatic imine (C=N–C) groups is 1. The van der Waals surface area contributed by atoms with E-state index in [4.69, 9.17) is 0 Å². The summed E-state index contributed by atoms with van der Waals surface area (Å²) in [6, 6.07) is 1.20. The van der Waals surface area contributed by atoms with Crippen LogP contribution in [0.2, 0.25) is 0 Å². The Hall–Kier alpha value is -1.63. The Morgan fingerprint density at radius 3 is 2.54 bits per heavy atom. The highest BCUT2D eigenvalue weighted by Crippen LogP contribution is 2.26. The van der Waals surface area contributed by atoms with Crippen LogP contribution in [0.3, 0.4) is 0 Å². The number of hydrogen-bond donors (Lipinski definition) is 2. The van der Waals surface area contributed by atoms with Gasteiger partial charge in [-0.05, 0) is 32.6 Å². The minimum absolute atomic E-state index is 0.0580. The molecule has 0 aromatic carbocycles. The van der Waals surface area contributed by atoms with Crippen molar-refractivity contribution in [2.75, 3.05) is 32.7 Å². The fourth-order valence-corrected chi connectivity index (χ4v) is 4.33. The van der Waals surface area contributed by atoms with Gasteiger partial charge >= 0.3 is 0 Å². The van der Waals surface area contributed by atoms with Crippen LogP contribution in [0.5, 0.6) is 0 Å². The molecule has 0 aromatic heterocycles. The summed E-state index contributed by atoms with van der Waals surface area (Å²) in [4.78, 5) is 32.3. The molecule has 2 N–H and O–H groups in total. The second kappa shape index (κ2) is 9.35. The minimum Gasteiger partial charge on any atom is -0.357 e. The van der Waals surface area contributed by atoms with E-state index in [1.165, 1.54) is 37.1 Å². The summed E-state index contributed by atoms with van der Waals surface area (Å²) in [6.07, 6.45) is 8.22. The van der Waals surface area contributed by atoms with Gasteiger partial charge in [0.2, 0.25) is 11.8 Å². The number of nitrogens with one attached hydrogen (secondary N) is 2. The maximum absolute atomic E-state index is 11.9. The lowest BCUT2D eigenvalue weighted by atomic mass is 10.1. The Morgan fingerprint density at radius 1 is 1.12 bits per heavy atom. The number of likely N-dealkylation sites (tertiary alicyclic amines) is 2. The molecule has 1 aliphatic carbocycles. The van der Waals surface area contributed by atoms with E-state index < -0.39 is 0 Å². The molecule has 1 atom stereocenters. The van der Waals surface area contributed by atoms with E-state index in [0.717, 1.165) is 31.5 Å². The Balaban J connectivity index is 1.47. The number of imide groups is 1. The van der Waals surface area contributed by atoms with Gasteiger partial charge in [-0.2, -0.15) is 0 Å². The Morgan fingerprint density at radius 2 is 1.85 bits per heavy atom. The van der Waals surface area contributed by atoms with E-state index in [9.17, 15) is 9.59 Å². The standard InChI is InChI=1S/C19H33N5O2/c1-2-20-19(21-11-13-24-17(25)8-5-9-18(24)26)22-15-10-12-23(14-15)16-6-3-4-7-16/h15-16H,2-14H2,1H3,(H2,20,21,22). The first-order chi connectivity index (χ1) is 12.7. The quantitative estimate of drug-likeness (QED) is 0.420. The molecule has 0 aromatic rings. The summed E-state index contributed by atoms with van der Waals surface area (Å²) in [6.45, 7) is 5.93. The van der Waals surface area contributed by atoms with E-state index >= 15 is 0 Å². The third-order valence-electron chi connectivity index (χ3n) is 5.72. The van der Waals surface area contributed by atoms with Crippen LogP contribution < -0.4 is 10.6 Å². The number of rotatable bonds is 6. The van der Waals surface area contributed by atoms with E-state index in [1.807, 2.05) is 6.92 Å². The normalized spacial score (nSPS) is 26.0. The highest BCUT2D eigenvalue weighted by atomic mass is 16.2. The third-order valence-corrected chi connectivity index (χ3v) is 5.72. The maximum atomic E-state index is 11.9. The van der Waals surface area contributed by atoms with Crippen molar-refractivity contribution >= 4 is 17.8 Å². The minimum atomic E-state index is -0.0580. The third kappa shape index (κ3) is 4.96. The zero-order chi connectivity index (χ0) is 18.4. The largest absolute Gasteiger partial charge is 0.357 e. The van der Waals surface area contributed by atoms with Crippen LogP contribution in [-0.4, -0.2) is 72.4 Å². The van der Waals surface area contributed by atoms with Crippen LogP contribution in [0.25, 0.3) is 0 Å². The molecule has 2 saturated heterocycles. The molecule has 2 heterocycles. The van der Waals surface area contributed by atoms with Crippen LogP contribution in [0.4, 0.5) is 0 Å². The molecule has 146 valence electrons. The lowest BCUT2D eigenvalue weighted by molar-refractivity contribution is -0.147. The summed E-state index contributed by atoms with van der Waals surface area (Å²) >= 11 is 0. The number of hydrogen-bond acceptors (Lipinski definition) is 4. The van der Waals surface area contributed by atoms with Crippen molar-refractivity contribution in [3.8, 4) is 0 Å². The van der Waals surface area contributed by atoms with Gasteiger partial charge in [0.15, 0.2) is 5.96 Å². The summed E-state index contributed by atoms with van der Waals surface area (Å²) in [5.74, 6) is 0.678. The number of carbonyl (C=O) groups is 2. The second-order valence-corrected chi connectivity index (χ2v) is 7.62. The number of amides is 2. The van der Waals surface area contributed by atoms with Crippen LogP contribution in [0.15, 0.2) is 4.99 Å². The van der Waals surface area contributed by atoms with Gasteiger partial charge in [-0.3, -0.25) is 24.4 Å². The number of carbonyl (C=O) groups excluding carboxylic acids is 2. The molecule has 1 unspecified atom stereocenters. The molecule has 1 saturated carbocycles. The van der Waals surface area contributed by atoms with Crippen molar-refractivity contribution in [3.63, 3.8) is 0 Å². The van der Waals surface area contributed by atoms with Gasteiger partial charge in [-0.25, -0.2) is 0 Å². The Bertz CT molecular complexity index is 514. The Labute approximate surface area is 156 Å². The van der Waals surface area contributed by atoms with E-state index in [-0.39, 0.29) is 11.8 Å². The Kier molecular flexibility index (Phi) is 6.88.